The number of thiophene rings is 1. The van der Waals surface area contributed by atoms with Crippen molar-refractivity contribution in [2.45, 2.75) is 0 Å². The summed E-state index contributed by atoms with van der Waals surface area (Å²) in [4.78, 5) is 4.27. The molecule has 0 unspecified atom stereocenters. The number of benzene rings is 1. The number of rotatable bonds is 4. The predicted octanol–water partition coefficient (Wildman–Crippen LogP) is 5.01. The Morgan fingerprint density at radius 1 is 1.48 bits per heavy atom. The quantitative estimate of drug-likeness (QED) is 0.651. The molecule has 0 aliphatic heterocycles. The molecular formula is C15H10BrClN2O3S. The molecule has 0 amide bonds. The van der Waals surface area contributed by atoms with Crippen molar-refractivity contribution in [2.24, 2.45) is 0 Å². The van der Waals surface area contributed by atoms with Crippen LogP contribution in [0.2, 0.25) is 0 Å². The van der Waals surface area contributed by atoms with Crippen LogP contribution in [0.5, 0.6) is 11.5 Å². The summed E-state index contributed by atoms with van der Waals surface area (Å²) in [6.45, 7) is 0. The molecule has 0 atom stereocenters. The van der Waals surface area contributed by atoms with Gasteiger partial charge in [-0.25, -0.2) is 0 Å². The van der Waals surface area contributed by atoms with Gasteiger partial charge in [-0.1, -0.05) is 16.8 Å². The maximum Gasteiger partial charge on any atom is 0.269 e. The van der Waals surface area contributed by atoms with Crippen LogP contribution in [-0.2, 0) is 0 Å². The highest BCUT2D eigenvalue weighted by atomic mass is 79.9. The number of aromatic nitrogens is 2. The third-order valence-corrected chi connectivity index (χ3v) is 4.53. The molecule has 118 valence electrons. The van der Waals surface area contributed by atoms with E-state index in [9.17, 15) is 5.11 Å². The largest absolute Gasteiger partial charge is 0.503 e. The Kier molecular flexibility index (Phi) is 4.70. The summed E-state index contributed by atoms with van der Waals surface area (Å²) in [7, 11) is 1.47. The summed E-state index contributed by atoms with van der Waals surface area (Å²) in [5.41, 5.74) is 1.59. The van der Waals surface area contributed by atoms with Crippen LogP contribution in [0.15, 0.2) is 38.0 Å². The lowest BCUT2D eigenvalue weighted by Gasteiger charge is -2.06. The lowest BCUT2D eigenvalue weighted by atomic mass is 10.2. The monoisotopic (exact) mass is 412 g/mol. The SMILES string of the molecule is COc1cc(C=C(Cl)c2nc(-c3ccsc3)no2)cc(Br)c1O. The zero-order valence-corrected chi connectivity index (χ0v) is 14.9. The maximum absolute atomic E-state index is 9.82. The summed E-state index contributed by atoms with van der Waals surface area (Å²) in [6.07, 6.45) is 1.65. The smallest absolute Gasteiger partial charge is 0.269 e. The Morgan fingerprint density at radius 2 is 2.30 bits per heavy atom. The van der Waals surface area contributed by atoms with Crippen molar-refractivity contribution in [2.75, 3.05) is 7.11 Å². The van der Waals surface area contributed by atoms with Gasteiger partial charge in [-0.3, -0.25) is 0 Å². The van der Waals surface area contributed by atoms with E-state index in [1.807, 2.05) is 16.8 Å². The Balaban J connectivity index is 1.92. The van der Waals surface area contributed by atoms with Crippen LogP contribution >= 0.6 is 38.9 Å². The van der Waals surface area contributed by atoms with E-state index in [2.05, 4.69) is 26.1 Å². The van der Waals surface area contributed by atoms with E-state index < -0.39 is 0 Å². The molecule has 0 spiro atoms. The van der Waals surface area contributed by atoms with Gasteiger partial charge in [0.15, 0.2) is 11.5 Å². The Bertz CT molecular complexity index is 862. The van der Waals surface area contributed by atoms with Gasteiger partial charge in [-0.2, -0.15) is 16.3 Å². The van der Waals surface area contributed by atoms with Crippen LogP contribution in [0, 0.1) is 0 Å². The molecule has 5 nitrogen and oxygen atoms in total. The average molecular weight is 414 g/mol. The minimum Gasteiger partial charge on any atom is -0.503 e. The Hall–Kier alpha value is -1.83. The number of hydrogen-bond acceptors (Lipinski definition) is 6. The first-order valence-electron chi connectivity index (χ1n) is 6.39. The normalized spacial score (nSPS) is 11.7. The number of halogens is 2. The zero-order valence-electron chi connectivity index (χ0n) is 11.8. The Labute approximate surface area is 149 Å². The third kappa shape index (κ3) is 3.41. The second-order valence-electron chi connectivity index (χ2n) is 4.48. The van der Waals surface area contributed by atoms with Crippen molar-refractivity contribution >= 4 is 50.0 Å². The molecule has 0 saturated carbocycles. The van der Waals surface area contributed by atoms with Crippen molar-refractivity contribution < 1.29 is 14.4 Å². The van der Waals surface area contributed by atoms with E-state index in [4.69, 9.17) is 20.9 Å². The van der Waals surface area contributed by atoms with E-state index in [1.165, 1.54) is 7.11 Å². The molecule has 3 rings (SSSR count). The van der Waals surface area contributed by atoms with Crippen LogP contribution in [0.4, 0.5) is 0 Å². The number of aromatic hydroxyl groups is 1. The summed E-state index contributed by atoms with van der Waals surface area (Å²) in [5.74, 6) is 1.06. The fourth-order valence-electron chi connectivity index (χ4n) is 1.87. The van der Waals surface area contributed by atoms with Gasteiger partial charge < -0.3 is 14.4 Å². The van der Waals surface area contributed by atoms with Gasteiger partial charge in [-0.05, 0) is 51.1 Å². The van der Waals surface area contributed by atoms with Gasteiger partial charge in [0.1, 0.15) is 5.03 Å². The topological polar surface area (TPSA) is 68.4 Å². The zero-order chi connectivity index (χ0) is 16.4. The van der Waals surface area contributed by atoms with Crippen LogP contribution in [0.25, 0.3) is 22.5 Å². The van der Waals surface area contributed by atoms with Crippen LogP contribution in [-0.4, -0.2) is 22.4 Å². The number of phenolic OH excluding ortho intramolecular Hbond substituents is 1. The van der Waals surface area contributed by atoms with Crippen LogP contribution in [0.3, 0.4) is 0 Å². The minimum atomic E-state index is 0.0262. The van der Waals surface area contributed by atoms with Gasteiger partial charge >= 0.3 is 0 Å². The highest BCUT2D eigenvalue weighted by Gasteiger charge is 2.13. The van der Waals surface area contributed by atoms with E-state index in [-0.39, 0.29) is 11.6 Å². The second-order valence-corrected chi connectivity index (χ2v) is 6.52. The molecule has 2 heterocycles. The fourth-order valence-corrected chi connectivity index (χ4v) is 3.17. The Morgan fingerprint density at radius 3 is 3.00 bits per heavy atom. The maximum atomic E-state index is 9.82. The van der Waals surface area contributed by atoms with Gasteiger partial charge in [0.2, 0.25) is 5.82 Å². The van der Waals surface area contributed by atoms with Crippen molar-refractivity contribution in [1.82, 2.24) is 10.1 Å². The van der Waals surface area contributed by atoms with E-state index in [1.54, 1.807) is 29.5 Å². The summed E-state index contributed by atoms with van der Waals surface area (Å²) >= 11 is 11.1. The lowest BCUT2D eigenvalue weighted by molar-refractivity contribution is 0.372. The highest BCUT2D eigenvalue weighted by molar-refractivity contribution is 9.10. The van der Waals surface area contributed by atoms with Crippen LogP contribution < -0.4 is 4.74 Å². The molecule has 0 aliphatic rings. The number of ether oxygens (including phenoxy) is 1. The molecule has 0 fully saturated rings. The standard InChI is InChI=1S/C15H10BrClN2O3S/c1-21-12-6-8(4-10(16)13(12)20)5-11(17)15-18-14(19-22-15)9-2-3-23-7-9/h2-7,20H,1H3. The predicted molar refractivity (Wildman–Crippen MR) is 93.7 cm³/mol. The van der Waals surface area contributed by atoms with E-state index >= 15 is 0 Å². The van der Waals surface area contributed by atoms with Crippen molar-refractivity contribution in [1.29, 1.82) is 0 Å². The molecule has 0 bridgehead atoms. The van der Waals surface area contributed by atoms with Crippen molar-refractivity contribution in [3.63, 3.8) is 0 Å². The van der Waals surface area contributed by atoms with Gasteiger partial charge in [-0.15, -0.1) is 0 Å². The second kappa shape index (κ2) is 6.74. The first kappa shape index (κ1) is 16.0. The fraction of sp³-hybridized carbons (Fsp3) is 0.0667. The van der Waals surface area contributed by atoms with Crippen LogP contribution in [0.1, 0.15) is 11.5 Å². The molecule has 8 heteroatoms. The molecule has 0 aliphatic carbocycles. The number of hydrogen-bond donors (Lipinski definition) is 1. The third-order valence-electron chi connectivity index (χ3n) is 2.97. The number of nitrogens with zero attached hydrogens (tertiary/aromatic N) is 2. The average Bonchev–Trinajstić information content (AvgIpc) is 3.20. The summed E-state index contributed by atoms with van der Waals surface area (Å²) in [6, 6.07) is 5.26. The molecule has 0 saturated heterocycles. The lowest BCUT2D eigenvalue weighted by Crippen LogP contribution is -1.86. The molecule has 3 aromatic rings. The minimum absolute atomic E-state index is 0.0262. The van der Waals surface area contributed by atoms with Gasteiger partial charge in [0.05, 0.1) is 11.6 Å². The molecule has 1 N–H and O–H groups in total. The van der Waals surface area contributed by atoms with E-state index in [0.717, 1.165) is 5.56 Å². The van der Waals surface area contributed by atoms with Crippen molar-refractivity contribution in [3.8, 4) is 22.9 Å². The summed E-state index contributed by atoms with van der Waals surface area (Å²) < 4.78 is 10.8. The number of methoxy groups -OCH3 is 1. The first-order chi connectivity index (χ1) is 11.1. The molecule has 1 aromatic carbocycles. The van der Waals surface area contributed by atoms with Gasteiger partial charge in [0.25, 0.3) is 5.89 Å². The highest BCUT2D eigenvalue weighted by Crippen LogP contribution is 2.36. The molecule has 23 heavy (non-hydrogen) atoms. The number of phenols is 1. The summed E-state index contributed by atoms with van der Waals surface area (Å²) in [5, 5.41) is 17.9. The van der Waals surface area contributed by atoms with Gasteiger partial charge in [0, 0.05) is 10.9 Å². The molecule has 2 aromatic heterocycles. The van der Waals surface area contributed by atoms with E-state index in [0.29, 0.717) is 26.6 Å². The van der Waals surface area contributed by atoms with Crippen molar-refractivity contribution in [3.05, 3.63) is 44.9 Å². The molecular weight excluding hydrogens is 404 g/mol. The molecule has 0 radical (unpaired) electrons. The first-order valence-corrected chi connectivity index (χ1v) is 8.50.